The van der Waals surface area contributed by atoms with Gasteiger partial charge in [-0.15, -0.1) is 0 Å². The van der Waals surface area contributed by atoms with Gasteiger partial charge in [-0.2, -0.15) is 0 Å². The summed E-state index contributed by atoms with van der Waals surface area (Å²) in [5.74, 6) is -2.52. The molecule has 12 heavy (non-hydrogen) atoms. The van der Waals surface area contributed by atoms with Crippen LogP contribution in [0.4, 0.5) is 4.39 Å². The fourth-order valence-electron chi connectivity index (χ4n) is 1.27. The Morgan fingerprint density at radius 3 is 2.08 bits per heavy atom. The van der Waals surface area contributed by atoms with E-state index in [0.29, 0.717) is 0 Å². The van der Waals surface area contributed by atoms with Crippen LogP contribution in [0.3, 0.4) is 0 Å². The van der Waals surface area contributed by atoms with Crippen molar-refractivity contribution in [3.05, 3.63) is 0 Å². The van der Waals surface area contributed by atoms with Crippen molar-refractivity contribution in [2.45, 2.75) is 13.1 Å². The third kappa shape index (κ3) is 1.20. The third-order valence-corrected chi connectivity index (χ3v) is 4.05. The van der Waals surface area contributed by atoms with Gasteiger partial charge in [0, 0.05) is 0 Å². The van der Waals surface area contributed by atoms with Crippen LogP contribution < -0.4 is 0 Å². The molecule has 4 nitrogen and oxygen atoms in total. The molecule has 1 unspecified atom stereocenters. The summed E-state index contributed by atoms with van der Waals surface area (Å²) < 4.78 is 34.1. The van der Waals surface area contributed by atoms with E-state index in [4.69, 9.17) is 5.11 Å². The molecule has 0 bridgehead atoms. The molecule has 1 N–H and O–H groups in total. The molecular weight excluding hydrogens is 187 g/mol. The van der Waals surface area contributed by atoms with E-state index in [-0.39, 0.29) is 0 Å². The first-order chi connectivity index (χ1) is 5.30. The van der Waals surface area contributed by atoms with E-state index in [9.17, 15) is 17.6 Å². The highest BCUT2D eigenvalue weighted by atomic mass is 32.2. The zero-order valence-corrected chi connectivity index (χ0v) is 7.27. The largest absolute Gasteiger partial charge is 0.481 e. The standard InChI is InChI=1S/C6H9FO4S/c1-4(7)6(5(8)9)2-12(10,11)3-6/h4H,2-3H2,1H3,(H,8,9). The van der Waals surface area contributed by atoms with Crippen LogP contribution in [0.5, 0.6) is 0 Å². The highest BCUT2D eigenvalue weighted by Gasteiger charge is 2.58. The molecule has 0 saturated carbocycles. The van der Waals surface area contributed by atoms with Crippen LogP contribution in [-0.4, -0.2) is 37.2 Å². The van der Waals surface area contributed by atoms with Crippen molar-refractivity contribution < 1.29 is 22.7 Å². The lowest BCUT2D eigenvalue weighted by Crippen LogP contribution is -2.58. The average molecular weight is 196 g/mol. The number of aliphatic carboxylic acids is 1. The number of hydrogen-bond acceptors (Lipinski definition) is 3. The molecule has 1 aliphatic rings. The molecule has 0 amide bonds. The molecule has 1 saturated heterocycles. The summed E-state index contributed by atoms with van der Waals surface area (Å²) in [5, 5.41) is 8.58. The average Bonchev–Trinajstić information content (AvgIpc) is 1.80. The van der Waals surface area contributed by atoms with Crippen molar-refractivity contribution in [2.75, 3.05) is 11.5 Å². The Morgan fingerprint density at radius 1 is 1.58 bits per heavy atom. The summed E-state index contributed by atoms with van der Waals surface area (Å²) in [6, 6.07) is 0. The molecule has 1 fully saturated rings. The molecule has 0 aromatic rings. The highest BCUT2D eigenvalue weighted by molar-refractivity contribution is 7.93. The Kier molecular flexibility index (Phi) is 1.90. The molecule has 0 aromatic heterocycles. The molecule has 1 rings (SSSR count). The van der Waals surface area contributed by atoms with Crippen LogP contribution >= 0.6 is 0 Å². The minimum absolute atomic E-state index is 0.576. The minimum Gasteiger partial charge on any atom is -0.481 e. The Labute approximate surface area is 69.3 Å². The van der Waals surface area contributed by atoms with Crippen LogP contribution in [-0.2, 0) is 14.6 Å². The Hall–Kier alpha value is -0.650. The molecule has 0 spiro atoms. The van der Waals surface area contributed by atoms with E-state index >= 15 is 0 Å². The SMILES string of the molecule is CC(F)C1(C(=O)O)CS(=O)(=O)C1. The smallest absolute Gasteiger partial charge is 0.314 e. The molecule has 1 heterocycles. The molecule has 0 radical (unpaired) electrons. The molecule has 0 aliphatic carbocycles. The normalized spacial score (nSPS) is 27.2. The van der Waals surface area contributed by atoms with Crippen molar-refractivity contribution >= 4 is 15.8 Å². The fourth-order valence-corrected chi connectivity index (χ4v) is 3.46. The first-order valence-electron chi connectivity index (χ1n) is 3.38. The number of alkyl halides is 1. The monoisotopic (exact) mass is 196 g/mol. The summed E-state index contributed by atoms with van der Waals surface area (Å²) in [6.07, 6.45) is -1.63. The number of hydrogen-bond donors (Lipinski definition) is 1. The summed E-state index contributed by atoms with van der Waals surface area (Å²) in [7, 11) is -3.30. The quantitative estimate of drug-likeness (QED) is 0.666. The number of carboxylic acids is 1. The van der Waals surface area contributed by atoms with Crippen molar-refractivity contribution in [3.8, 4) is 0 Å². The van der Waals surface area contributed by atoms with Gasteiger partial charge in [-0.3, -0.25) is 4.79 Å². The van der Waals surface area contributed by atoms with E-state index in [0.717, 1.165) is 6.92 Å². The second-order valence-electron chi connectivity index (χ2n) is 3.11. The van der Waals surface area contributed by atoms with E-state index in [1.54, 1.807) is 0 Å². The van der Waals surface area contributed by atoms with E-state index in [1.807, 2.05) is 0 Å². The lowest BCUT2D eigenvalue weighted by Gasteiger charge is -2.37. The highest BCUT2D eigenvalue weighted by Crippen LogP contribution is 2.38. The molecular formula is C6H9FO4S. The molecule has 0 aromatic carbocycles. The number of halogens is 1. The van der Waals surface area contributed by atoms with Crippen molar-refractivity contribution in [3.63, 3.8) is 0 Å². The van der Waals surface area contributed by atoms with Crippen LogP contribution in [0.25, 0.3) is 0 Å². The number of rotatable bonds is 2. The number of sulfone groups is 1. The predicted molar refractivity (Wildman–Crippen MR) is 39.3 cm³/mol. The van der Waals surface area contributed by atoms with Gasteiger partial charge in [-0.25, -0.2) is 12.8 Å². The molecule has 1 atom stereocenters. The summed E-state index contributed by atoms with van der Waals surface area (Å²) in [4.78, 5) is 10.5. The second-order valence-corrected chi connectivity index (χ2v) is 5.17. The van der Waals surface area contributed by atoms with Gasteiger partial charge >= 0.3 is 5.97 Å². The lowest BCUT2D eigenvalue weighted by molar-refractivity contribution is -0.150. The zero-order chi connectivity index (χ0) is 9.57. The van der Waals surface area contributed by atoms with Crippen LogP contribution in [0.1, 0.15) is 6.92 Å². The maximum Gasteiger partial charge on any atom is 0.314 e. The van der Waals surface area contributed by atoms with E-state index < -0.39 is 38.9 Å². The Morgan fingerprint density at radius 2 is 2.00 bits per heavy atom. The summed E-state index contributed by atoms with van der Waals surface area (Å²) in [5.41, 5.74) is -1.68. The first-order valence-corrected chi connectivity index (χ1v) is 5.20. The number of carbonyl (C=O) groups is 1. The summed E-state index contributed by atoms with van der Waals surface area (Å²) >= 11 is 0. The molecule has 6 heteroatoms. The van der Waals surface area contributed by atoms with E-state index in [1.165, 1.54) is 0 Å². The first kappa shape index (κ1) is 9.44. The van der Waals surface area contributed by atoms with Gasteiger partial charge in [0.1, 0.15) is 11.6 Å². The fraction of sp³-hybridized carbons (Fsp3) is 0.833. The predicted octanol–water partition coefficient (Wildman–Crippen LogP) is -0.156. The van der Waals surface area contributed by atoms with Crippen LogP contribution in [0, 0.1) is 5.41 Å². The topological polar surface area (TPSA) is 71.4 Å². The zero-order valence-electron chi connectivity index (χ0n) is 6.45. The van der Waals surface area contributed by atoms with Crippen molar-refractivity contribution in [2.24, 2.45) is 5.41 Å². The second kappa shape index (κ2) is 2.42. The molecule has 1 aliphatic heterocycles. The lowest BCUT2D eigenvalue weighted by atomic mass is 9.87. The Balaban J connectivity index is 2.90. The summed E-state index contributed by atoms with van der Waals surface area (Å²) in [6.45, 7) is 1.07. The van der Waals surface area contributed by atoms with Gasteiger partial charge in [-0.05, 0) is 6.92 Å². The van der Waals surface area contributed by atoms with Gasteiger partial charge in [0.2, 0.25) is 0 Å². The van der Waals surface area contributed by atoms with Gasteiger partial charge in [0.25, 0.3) is 0 Å². The van der Waals surface area contributed by atoms with Crippen LogP contribution in [0.2, 0.25) is 0 Å². The Bertz CT molecular complexity index is 294. The minimum atomic E-state index is -3.30. The molecule has 70 valence electrons. The van der Waals surface area contributed by atoms with Gasteiger partial charge < -0.3 is 5.11 Å². The van der Waals surface area contributed by atoms with Crippen LogP contribution in [0.15, 0.2) is 0 Å². The number of carboxylic acid groups (broad SMARTS) is 1. The van der Waals surface area contributed by atoms with Gasteiger partial charge in [-0.1, -0.05) is 0 Å². The maximum absolute atomic E-state index is 12.8. The van der Waals surface area contributed by atoms with Crippen molar-refractivity contribution in [1.82, 2.24) is 0 Å². The van der Waals surface area contributed by atoms with E-state index in [2.05, 4.69) is 0 Å². The van der Waals surface area contributed by atoms with Gasteiger partial charge in [0.05, 0.1) is 11.5 Å². The maximum atomic E-state index is 12.8. The van der Waals surface area contributed by atoms with Gasteiger partial charge in [0.15, 0.2) is 9.84 Å². The van der Waals surface area contributed by atoms with Crippen molar-refractivity contribution in [1.29, 1.82) is 0 Å². The third-order valence-electron chi connectivity index (χ3n) is 2.14.